The van der Waals surface area contributed by atoms with E-state index in [0.717, 1.165) is 22.7 Å². The Balaban J connectivity index is 1.77. The zero-order valence-electron chi connectivity index (χ0n) is 16.2. The van der Waals surface area contributed by atoms with Crippen molar-refractivity contribution in [2.45, 2.75) is 51.6 Å². The summed E-state index contributed by atoms with van der Waals surface area (Å²) in [7, 11) is 0. The number of aliphatic imine (C=N–C) groups is 1. The summed E-state index contributed by atoms with van der Waals surface area (Å²) < 4.78 is 5.54. The van der Waals surface area contributed by atoms with E-state index in [4.69, 9.17) is 9.73 Å². The van der Waals surface area contributed by atoms with E-state index in [2.05, 4.69) is 6.07 Å². The van der Waals surface area contributed by atoms with Crippen LogP contribution in [0.5, 0.6) is 0 Å². The van der Waals surface area contributed by atoms with Gasteiger partial charge in [0.2, 0.25) is 0 Å². The molecule has 0 aromatic carbocycles. The lowest BCUT2D eigenvalue weighted by Crippen LogP contribution is -2.38. The van der Waals surface area contributed by atoms with Gasteiger partial charge in [0.25, 0.3) is 0 Å². The molecule has 1 unspecified atom stereocenters. The molecule has 3 atom stereocenters. The molecule has 0 N–H and O–H groups in total. The van der Waals surface area contributed by atoms with Gasteiger partial charge in [0, 0.05) is 45.0 Å². The van der Waals surface area contributed by atoms with Crippen LogP contribution in [0.15, 0.2) is 51.3 Å². The molecule has 0 fully saturated rings. The molecule has 0 spiro atoms. The third-order valence-corrected chi connectivity index (χ3v) is 7.28. The molecule has 28 heavy (non-hydrogen) atoms. The number of nitrogens with zero attached hydrogens (tertiary/aromatic N) is 1. The van der Waals surface area contributed by atoms with E-state index < -0.39 is 5.92 Å². The predicted molar refractivity (Wildman–Crippen MR) is 113 cm³/mol. The molecule has 2 aromatic heterocycles. The molecule has 4 rings (SSSR count). The molecule has 2 aliphatic rings. The summed E-state index contributed by atoms with van der Waals surface area (Å²) in [4.78, 5) is 33.2. The van der Waals surface area contributed by atoms with Crippen LogP contribution >= 0.6 is 22.7 Å². The van der Waals surface area contributed by atoms with Crippen LogP contribution in [0.2, 0.25) is 0 Å². The van der Waals surface area contributed by atoms with Crippen molar-refractivity contribution in [1.29, 1.82) is 0 Å². The Bertz CT molecular complexity index is 939. The summed E-state index contributed by atoms with van der Waals surface area (Å²) >= 11 is 3.27. The Labute approximate surface area is 173 Å². The minimum absolute atomic E-state index is 0.108. The van der Waals surface area contributed by atoms with E-state index in [0.29, 0.717) is 12.0 Å². The van der Waals surface area contributed by atoms with Crippen molar-refractivity contribution in [3.63, 3.8) is 0 Å². The second-order valence-corrected chi connectivity index (χ2v) is 9.57. The van der Waals surface area contributed by atoms with Gasteiger partial charge in [-0.3, -0.25) is 14.6 Å². The van der Waals surface area contributed by atoms with Gasteiger partial charge in [0.05, 0.1) is 6.10 Å². The monoisotopic (exact) mass is 413 g/mol. The molecule has 1 aliphatic heterocycles. The number of hydrogen-bond acceptors (Lipinski definition) is 6. The maximum atomic E-state index is 13.3. The standard InChI is InChI=1S/C22H23NO3S2/c1-12(2)26-22(25)19-13(3)23-15-10-14(17-6-4-8-27-17)11-16(24)20(15)21(19)18-7-5-9-28-18/h4-9,12,14,19,21H,10-11H2,1-3H3/t14-,19?,21+/m0/s1. The lowest BCUT2D eigenvalue weighted by molar-refractivity contribution is -0.150. The molecule has 0 bridgehead atoms. The molecule has 0 saturated carbocycles. The van der Waals surface area contributed by atoms with Gasteiger partial charge in [-0.1, -0.05) is 12.1 Å². The fourth-order valence-electron chi connectivity index (χ4n) is 4.17. The molecule has 4 nitrogen and oxygen atoms in total. The van der Waals surface area contributed by atoms with Crippen molar-refractivity contribution in [2.24, 2.45) is 10.9 Å². The summed E-state index contributed by atoms with van der Waals surface area (Å²) in [6.07, 6.45) is 1.01. The molecular formula is C22H23NO3S2. The maximum Gasteiger partial charge on any atom is 0.315 e. The number of rotatable bonds is 4. The smallest absolute Gasteiger partial charge is 0.315 e. The lowest BCUT2D eigenvalue weighted by Gasteiger charge is -2.35. The number of esters is 1. The number of carbonyl (C=O) groups is 2. The average molecular weight is 414 g/mol. The number of ether oxygens (including phenoxy) is 1. The van der Waals surface area contributed by atoms with E-state index in [9.17, 15) is 9.59 Å². The van der Waals surface area contributed by atoms with E-state index >= 15 is 0 Å². The summed E-state index contributed by atoms with van der Waals surface area (Å²) in [5, 5.41) is 4.04. The fourth-order valence-corrected chi connectivity index (χ4v) is 5.87. The summed E-state index contributed by atoms with van der Waals surface area (Å²) in [6.45, 7) is 5.57. The van der Waals surface area contributed by atoms with Crippen molar-refractivity contribution in [3.8, 4) is 0 Å². The second kappa shape index (κ2) is 7.76. The third-order valence-electron chi connectivity index (χ3n) is 5.29. The fraction of sp³-hybridized carbons (Fsp3) is 0.409. The Hall–Kier alpha value is -2.05. The van der Waals surface area contributed by atoms with E-state index in [-0.39, 0.29) is 29.7 Å². The normalized spacial score (nSPS) is 24.9. The van der Waals surface area contributed by atoms with Crippen molar-refractivity contribution < 1.29 is 14.3 Å². The first kappa shape index (κ1) is 19.3. The molecular weight excluding hydrogens is 390 g/mol. The minimum atomic E-state index is -0.540. The molecule has 0 amide bonds. The van der Waals surface area contributed by atoms with E-state index in [1.54, 1.807) is 22.7 Å². The van der Waals surface area contributed by atoms with Crippen LogP contribution in [0.4, 0.5) is 0 Å². The van der Waals surface area contributed by atoms with Crippen LogP contribution in [0.3, 0.4) is 0 Å². The van der Waals surface area contributed by atoms with Crippen LogP contribution in [-0.4, -0.2) is 23.6 Å². The third kappa shape index (κ3) is 3.51. The summed E-state index contributed by atoms with van der Waals surface area (Å²) in [5.74, 6) is -0.852. The van der Waals surface area contributed by atoms with Crippen LogP contribution < -0.4 is 0 Å². The zero-order valence-corrected chi connectivity index (χ0v) is 17.8. The number of hydrogen-bond donors (Lipinski definition) is 0. The van der Waals surface area contributed by atoms with E-state index in [1.807, 2.05) is 49.7 Å². The van der Waals surface area contributed by atoms with Crippen LogP contribution in [-0.2, 0) is 14.3 Å². The van der Waals surface area contributed by atoms with Crippen LogP contribution in [0.25, 0.3) is 0 Å². The Morgan fingerprint density at radius 1 is 1.14 bits per heavy atom. The summed E-state index contributed by atoms with van der Waals surface area (Å²) in [6, 6.07) is 8.09. The van der Waals surface area contributed by atoms with Crippen molar-refractivity contribution >= 4 is 40.1 Å². The van der Waals surface area contributed by atoms with Gasteiger partial charge in [-0.25, -0.2) is 0 Å². The lowest BCUT2D eigenvalue weighted by atomic mass is 9.72. The average Bonchev–Trinajstić information content (AvgIpc) is 3.33. The van der Waals surface area contributed by atoms with Crippen LogP contribution in [0.1, 0.15) is 55.2 Å². The van der Waals surface area contributed by atoms with Gasteiger partial charge in [-0.15, -0.1) is 22.7 Å². The molecule has 6 heteroatoms. The topological polar surface area (TPSA) is 55.7 Å². The molecule has 3 heterocycles. The van der Waals surface area contributed by atoms with Gasteiger partial charge >= 0.3 is 5.97 Å². The maximum absolute atomic E-state index is 13.3. The highest BCUT2D eigenvalue weighted by Crippen LogP contribution is 2.48. The Morgan fingerprint density at radius 2 is 1.82 bits per heavy atom. The van der Waals surface area contributed by atoms with Gasteiger partial charge in [-0.05, 0) is 50.1 Å². The Morgan fingerprint density at radius 3 is 2.43 bits per heavy atom. The number of carbonyl (C=O) groups excluding carboxylic acids is 2. The highest BCUT2D eigenvalue weighted by molar-refractivity contribution is 7.10. The minimum Gasteiger partial charge on any atom is -0.462 e. The first-order valence-electron chi connectivity index (χ1n) is 9.54. The van der Waals surface area contributed by atoms with Crippen molar-refractivity contribution in [3.05, 3.63) is 56.1 Å². The second-order valence-electron chi connectivity index (χ2n) is 7.61. The van der Waals surface area contributed by atoms with Gasteiger partial charge in [-0.2, -0.15) is 0 Å². The SMILES string of the molecule is CC1=NC2=C(C(=O)C[C@@H](c3cccs3)C2)[C@H](c2cccs2)C1C(=O)OC(C)C. The quantitative estimate of drug-likeness (QED) is 0.636. The number of allylic oxidation sites excluding steroid dienone is 2. The molecule has 0 radical (unpaired) electrons. The molecule has 146 valence electrons. The van der Waals surface area contributed by atoms with Crippen molar-refractivity contribution in [2.75, 3.05) is 0 Å². The van der Waals surface area contributed by atoms with E-state index in [1.165, 1.54) is 4.88 Å². The number of thiophene rings is 2. The zero-order chi connectivity index (χ0) is 19.8. The van der Waals surface area contributed by atoms with Gasteiger partial charge in [0.15, 0.2) is 5.78 Å². The van der Waals surface area contributed by atoms with Gasteiger partial charge < -0.3 is 4.74 Å². The molecule has 1 aliphatic carbocycles. The first-order chi connectivity index (χ1) is 13.5. The first-order valence-corrected chi connectivity index (χ1v) is 11.3. The molecule has 0 saturated heterocycles. The highest BCUT2D eigenvalue weighted by atomic mass is 32.1. The highest BCUT2D eigenvalue weighted by Gasteiger charge is 2.45. The number of Topliss-reactive ketones (excluding diaryl/α,β-unsaturated/α-hetero) is 1. The molecule has 2 aromatic rings. The van der Waals surface area contributed by atoms with Crippen molar-refractivity contribution in [1.82, 2.24) is 0 Å². The largest absolute Gasteiger partial charge is 0.462 e. The number of ketones is 1. The summed E-state index contributed by atoms with van der Waals surface area (Å²) in [5.41, 5.74) is 2.30. The Kier molecular flexibility index (Phi) is 5.34. The van der Waals surface area contributed by atoms with Gasteiger partial charge in [0.1, 0.15) is 5.92 Å². The predicted octanol–water partition coefficient (Wildman–Crippen LogP) is 5.34. The van der Waals surface area contributed by atoms with Crippen LogP contribution in [0, 0.1) is 5.92 Å².